The van der Waals surface area contributed by atoms with Gasteiger partial charge in [0.15, 0.2) is 0 Å². The fourth-order valence-electron chi connectivity index (χ4n) is 7.74. The number of aromatic nitrogens is 1. The number of hydrogen-bond donors (Lipinski definition) is 2. The highest BCUT2D eigenvalue weighted by Gasteiger charge is 2.35. The van der Waals surface area contributed by atoms with Gasteiger partial charge in [-0.1, -0.05) is 148 Å². The summed E-state index contributed by atoms with van der Waals surface area (Å²) in [5.74, 6) is 0. The Morgan fingerprint density at radius 2 is 1.40 bits per heavy atom. The highest BCUT2D eigenvalue weighted by Crippen LogP contribution is 2.49. The van der Waals surface area contributed by atoms with Crippen LogP contribution in [0, 0.1) is 0 Å². The first kappa shape index (κ1) is 32.8. The SMILES string of the molecule is C=C/C=C(\C=C(/C)c1ccccc1Nc1ccc2c(c1)-c1ccccc1C2(C)C)c1ccc2cc(-c3ccccc3)cc[nH]c3ccccc3c2c1. The lowest BCUT2D eigenvalue weighted by Crippen LogP contribution is -2.14. The van der Waals surface area contributed by atoms with Crippen molar-refractivity contribution >= 4 is 44.2 Å². The number of para-hydroxylation sites is 2. The highest BCUT2D eigenvalue weighted by molar-refractivity contribution is 6.06. The van der Waals surface area contributed by atoms with Crippen LogP contribution in [0.2, 0.25) is 0 Å². The lowest BCUT2D eigenvalue weighted by atomic mass is 9.82. The molecule has 0 amide bonds. The van der Waals surface area contributed by atoms with E-state index in [1.54, 1.807) is 0 Å². The molecule has 7 aromatic rings. The molecule has 252 valence electrons. The first-order valence-electron chi connectivity index (χ1n) is 18.0. The summed E-state index contributed by atoms with van der Waals surface area (Å²) in [6.07, 6.45) is 8.29. The van der Waals surface area contributed by atoms with Gasteiger partial charge in [-0.2, -0.15) is 0 Å². The van der Waals surface area contributed by atoms with Crippen LogP contribution in [-0.4, -0.2) is 4.98 Å². The third kappa shape index (κ3) is 6.14. The molecule has 0 atom stereocenters. The van der Waals surface area contributed by atoms with Crippen molar-refractivity contribution in [2.75, 3.05) is 5.32 Å². The van der Waals surface area contributed by atoms with Crippen LogP contribution >= 0.6 is 0 Å². The van der Waals surface area contributed by atoms with Crippen LogP contribution in [0.4, 0.5) is 11.4 Å². The van der Waals surface area contributed by atoms with Crippen LogP contribution in [0.5, 0.6) is 0 Å². The number of allylic oxidation sites excluding steroid dienone is 5. The molecular weight excluding hydrogens is 629 g/mol. The van der Waals surface area contributed by atoms with Gasteiger partial charge >= 0.3 is 0 Å². The molecule has 52 heavy (non-hydrogen) atoms. The Morgan fingerprint density at radius 1 is 0.654 bits per heavy atom. The van der Waals surface area contributed by atoms with E-state index in [0.29, 0.717) is 0 Å². The van der Waals surface area contributed by atoms with Crippen molar-refractivity contribution in [1.29, 1.82) is 0 Å². The first-order valence-corrected chi connectivity index (χ1v) is 18.0. The van der Waals surface area contributed by atoms with E-state index in [1.165, 1.54) is 33.2 Å². The Balaban J connectivity index is 1.19. The Hall–Kier alpha value is -6.38. The van der Waals surface area contributed by atoms with Crippen LogP contribution < -0.4 is 5.32 Å². The van der Waals surface area contributed by atoms with Gasteiger partial charge < -0.3 is 10.3 Å². The molecule has 0 saturated heterocycles. The molecule has 0 spiro atoms. The maximum Gasteiger partial charge on any atom is 0.0460 e. The molecule has 2 heteroatoms. The van der Waals surface area contributed by atoms with Gasteiger partial charge in [-0.25, -0.2) is 0 Å². The second-order valence-electron chi connectivity index (χ2n) is 14.1. The van der Waals surface area contributed by atoms with Crippen LogP contribution in [-0.2, 0) is 5.41 Å². The summed E-state index contributed by atoms with van der Waals surface area (Å²) < 4.78 is 0. The zero-order chi connectivity index (χ0) is 35.7. The summed E-state index contributed by atoms with van der Waals surface area (Å²) in [5, 5.41) is 7.26. The van der Waals surface area contributed by atoms with Gasteiger partial charge in [0.05, 0.1) is 0 Å². The minimum absolute atomic E-state index is 0.0141. The van der Waals surface area contributed by atoms with Crippen molar-refractivity contribution in [1.82, 2.24) is 4.98 Å². The molecule has 0 aliphatic heterocycles. The molecule has 6 aromatic carbocycles. The number of H-pyrrole nitrogens is 1. The third-order valence-corrected chi connectivity index (χ3v) is 10.4. The number of aromatic amines is 1. The number of rotatable bonds is 7. The van der Waals surface area contributed by atoms with E-state index in [4.69, 9.17) is 0 Å². The third-order valence-electron chi connectivity index (χ3n) is 10.4. The minimum atomic E-state index is -0.0141. The van der Waals surface area contributed by atoms with E-state index in [9.17, 15) is 0 Å². The maximum absolute atomic E-state index is 4.10. The topological polar surface area (TPSA) is 27.8 Å². The molecule has 8 rings (SSSR count). The summed E-state index contributed by atoms with van der Waals surface area (Å²) >= 11 is 0. The standard InChI is InChI=1S/C50H42N2/c1-5-15-36(37-24-25-39-31-38(35-16-7-6-8-17-35)28-29-51-48-22-13-11-20-43(48)44(39)32-37)30-34(2)41-18-10-14-23-49(41)52-40-26-27-47-45(33-40)42-19-9-12-21-46(42)50(47,3)4/h5-33,51-52H,1H2,2-4H3/b29-28?,34-30+,36-15+,38-31?. The average Bonchev–Trinajstić information content (AvgIpc) is 3.44. The van der Waals surface area contributed by atoms with E-state index in [2.05, 4.69) is 201 Å². The van der Waals surface area contributed by atoms with Gasteiger partial charge in [-0.05, 0) is 110 Å². The minimum Gasteiger partial charge on any atom is -0.361 e. The average molecular weight is 671 g/mol. The van der Waals surface area contributed by atoms with Crippen molar-refractivity contribution in [3.05, 3.63) is 205 Å². The number of anilines is 2. The second kappa shape index (κ2) is 13.7. The summed E-state index contributed by atoms with van der Waals surface area (Å²) in [6.45, 7) is 10.9. The summed E-state index contributed by atoms with van der Waals surface area (Å²) in [6, 6.07) is 54.4. The number of hydrogen-bond acceptors (Lipinski definition) is 1. The number of nitrogens with one attached hydrogen (secondary N) is 2. The van der Waals surface area contributed by atoms with E-state index < -0.39 is 0 Å². The Bertz CT molecular complexity index is 2600. The normalized spacial score (nSPS) is 13.4. The molecule has 0 bridgehead atoms. The first-order chi connectivity index (χ1) is 25.4. The van der Waals surface area contributed by atoms with Gasteiger partial charge in [0.1, 0.15) is 0 Å². The zero-order valence-electron chi connectivity index (χ0n) is 30.0. The van der Waals surface area contributed by atoms with Gasteiger partial charge in [-0.15, -0.1) is 0 Å². The molecule has 1 aliphatic rings. The maximum atomic E-state index is 4.10. The highest BCUT2D eigenvalue weighted by atomic mass is 14.9. The van der Waals surface area contributed by atoms with Crippen molar-refractivity contribution < 1.29 is 0 Å². The molecule has 0 radical (unpaired) electrons. The van der Waals surface area contributed by atoms with E-state index in [-0.39, 0.29) is 5.41 Å². The molecule has 2 nitrogen and oxygen atoms in total. The van der Waals surface area contributed by atoms with Crippen molar-refractivity contribution in [2.24, 2.45) is 0 Å². The van der Waals surface area contributed by atoms with Gasteiger partial charge in [0.2, 0.25) is 0 Å². The van der Waals surface area contributed by atoms with E-state index in [1.807, 2.05) is 12.3 Å². The fourth-order valence-corrected chi connectivity index (χ4v) is 7.74. The second-order valence-corrected chi connectivity index (χ2v) is 14.1. The Kier molecular flexibility index (Phi) is 8.66. The summed E-state index contributed by atoms with van der Waals surface area (Å²) in [5.41, 5.74) is 15.4. The molecular formula is C50H42N2. The van der Waals surface area contributed by atoms with Gasteiger partial charge in [0, 0.05) is 39.5 Å². The number of benzene rings is 6. The molecule has 1 heterocycles. The van der Waals surface area contributed by atoms with E-state index in [0.717, 1.165) is 55.5 Å². The summed E-state index contributed by atoms with van der Waals surface area (Å²) in [4.78, 5) is 3.55. The van der Waals surface area contributed by atoms with Crippen molar-refractivity contribution in [3.63, 3.8) is 0 Å². The van der Waals surface area contributed by atoms with Crippen LogP contribution in [0.1, 0.15) is 43.0 Å². The van der Waals surface area contributed by atoms with Crippen LogP contribution in [0.3, 0.4) is 0 Å². The predicted octanol–water partition coefficient (Wildman–Crippen LogP) is 13.8. The lowest BCUT2D eigenvalue weighted by Gasteiger charge is -2.21. The van der Waals surface area contributed by atoms with Crippen molar-refractivity contribution in [2.45, 2.75) is 26.2 Å². The molecule has 1 aliphatic carbocycles. The predicted molar refractivity (Wildman–Crippen MR) is 224 cm³/mol. The molecule has 2 N–H and O–H groups in total. The quantitative estimate of drug-likeness (QED) is 0.162. The van der Waals surface area contributed by atoms with E-state index >= 15 is 0 Å². The lowest BCUT2D eigenvalue weighted by molar-refractivity contribution is 0.660. The molecule has 0 unspecified atom stereocenters. The van der Waals surface area contributed by atoms with Gasteiger partial charge in [-0.3, -0.25) is 0 Å². The number of fused-ring (bicyclic) bond motifs is 6. The van der Waals surface area contributed by atoms with Gasteiger partial charge in [0.25, 0.3) is 0 Å². The molecule has 0 saturated carbocycles. The Morgan fingerprint density at radius 3 is 2.27 bits per heavy atom. The molecule has 1 aromatic heterocycles. The Labute approximate surface area is 306 Å². The molecule has 0 fully saturated rings. The largest absolute Gasteiger partial charge is 0.361 e. The zero-order valence-corrected chi connectivity index (χ0v) is 30.0. The van der Waals surface area contributed by atoms with Crippen LogP contribution in [0.25, 0.3) is 55.1 Å². The van der Waals surface area contributed by atoms with Crippen molar-refractivity contribution in [3.8, 4) is 22.3 Å². The summed E-state index contributed by atoms with van der Waals surface area (Å²) in [7, 11) is 0. The smallest absolute Gasteiger partial charge is 0.0460 e. The fraction of sp³-hybridized carbons (Fsp3) is 0.0800. The monoisotopic (exact) mass is 670 g/mol. The van der Waals surface area contributed by atoms with Crippen LogP contribution in [0.15, 0.2) is 183 Å².